The number of nitrogens with zero attached hydrogens (tertiary/aromatic N) is 1. The number of aliphatic hydroxyl groups is 1. The van der Waals surface area contributed by atoms with Crippen LogP contribution in [-0.4, -0.2) is 34.5 Å². The highest BCUT2D eigenvalue weighted by Gasteiger charge is 2.37. The molecule has 0 fully saturated rings. The summed E-state index contributed by atoms with van der Waals surface area (Å²) in [5.74, 6) is -0.725. The number of carbonyl (C=O) groups excluding carboxylic acids is 2. The van der Waals surface area contributed by atoms with Crippen LogP contribution in [0.25, 0.3) is 10.8 Å². The first-order valence-electron chi connectivity index (χ1n) is 7.06. The molecule has 2 amide bonds. The molecule has 4 heteroatoms. The minimum absolute atomic E-state index is 0.0654. The van der Waals surface area contributed by atoms with Crippen LogP contribution < -0.4 is 0 Å². The lowest BCUT2D eigenvalue weighted by Gasteiger charge is -2.34. The highest BCUT2D eigenvalue weighted by atomic mass is 16.3. The lowest BCUT2D eigenvalue weighted by molar-refractivity contribution is 0.0470. The predicted octanol–water partition coefficient (Wildman–Crippen LogP) is 2.45. The Labute approximate surface area is 123 Å². The van der Waals surface area contributed by atoms with Crippen LogP contribution in [0.5, 0.6) is 0 Å². The molecule has 0 spiro atoms. The number of hydrogen-bond acceptors (Lipinski definition) is 3. The molecule has 0 saturated carbocycles. The van der Waals surface area contributed by atoms with E-state index in [-0.39, 0.29) is 30.4 Å². The standard InChI is InChI=1S/C17H17NO3/c1-10(9-19)11(2)18-16(20)13-7-3-5-12-6-4-8-14(15(12)13)17(18)21/h3-8,10-11,19H,9H2,1-2H3. The number of benzene rings is 2. The van der Waals surface area contributed by atoms with Gasteiger partial charge in [-0.2, -0.15) is 0 Å². The number of imide groups is 1. The van der Waals surface area contributed by atoms with Crippen molar-refractivity contribution in [2.75, 3.05) is 6.61 Å². The first-order chi connectivity index (χ1) is 10.1. The lowest BCUT2D eigenvalue weighted by atomic mass is 9.91. The summed E-state index contributed by atoms with van der Waals surface area (Å²) in [7, 11) is 0. The van der Waals surface area contributed by atoms with E-state index in [4.69, 9.17) is 0 Å². The Morgan fingerprint density at radius 2 is 1.52 bits per heavy atom. The van der Waals surface area contributed by atoms with E-state index in [1.54, 1.807) is 19.1 Å². The Hall–Kier alpha value is -2.20. The van der Waals surface area contributed by atoms with Gasteiger partial charge < -0.3 is 5.11 Å². The monoisotopic (exact) mass is 283 g/mol. The smallest absolute Gasteiger partial charge is 0.261 e. The average Bonchev–Trinajstić information content (AvgIpc) is 2.51. The van der Waals surface area contributed by atoms with Gasteiger partial charge in [0.25, 0.3) is 11.8 Å². The van der Waals surface area contributed by atoms with E-state index in [0.717, 1.165) is 10.8 Å². The molecule has 0 radical (unpaired) electrons. The summed E-state index contributed by atoms with van der Waals surface area (Å²) in [6.45, 7) is 3.56. The summed E-state index contributed by atoms with van der Waals surface area (Å²) in [4.78, 5) is 26.7. The minimum Gasteiger partial charge on any atom is -0.396 e. The van der Waals surface area contributed by atoms with E-state index in [2.05, 4.69) is 0 Å². The van der Waals surface area contributed by atoms with Crippen molar-refractivity contribution in [1.82, 2.24) is 4.90 Å². The maximum atomic E-state index is 12.7. The van der Waals surface area contributed by atoms with Crippen LogP contribution in [0.15, 0.2) is 36.4 Å². The van der Waals surface area contributed by atoms with Gasteiger partial charge in [-0.15, -0.1) is 0 Å². The van der Waals surface area contributed by atoms with Crippen LogP contribution >= 0.6 is 0 Å². The van der Waals surface area contributed by atoms with Crippen molar-refractivity contribution in [3.63, 3.8) is 0 Å². The molecule has 1 aliphatic heterocycles. The fourth-order valence-corrected chi connectivity index (χ4v) is 2.83. The van der Waals surface area contributed by atoms with Gasteiger partial charge in [0.15, 0.2) is 0 Å². The summed E-state index contributed by atoms with van der Waals surface area (Å²) in [5, 5.41) is 10.9. The normalized spacial score (nSPS) is 17.2. The first-order valence-corrected chi connectivity index (χ1v) is 7.06. The average molecular weight is 283 g/mol. The molecule has 1 aliphatic rings. The van der Waals surface area contributed by atoms with Crippen molar-refractivity contribution >= 4 is 22.6 Å². The maximum Gasteiger partial charge on any atom is 0.261 e. The Morgan fingerprint density at radius 1 is 1.00 bits per heavy atom. The minimum atomic E-state index is -0.349. The summed E-state index contributed by atoms with van der Waals surface area (Å²) in [5.41, 5.74) is 1.11. The number of hydrogen-bond donors (Lipinski definition) is 1. The topological polar surface area (TPSA) is 57.6 Å². The third-order valence-corrected chi connectivity index (χ3v) is 4.32. The maximum absolute atomic E-state index is 12.7. The lowest BCUT2D eigenvalue weighted by Crippen LogP contribution is -2.48. The molecule has 3 rings (SSSR count). The summed E-state index contributed by atoms with van der Waals surface area (Å²) in [6.07, 6.45) is 0. The zero-order valence-electron chi connectivity index (χ0n) is 12.0. The zero-order valence-corrected chi connectivity index (χ0v) is 12.0. The van der Waals surface area contributed by atoms with Gasteiger partial charge in [0.05, 0.1) is 0 Å². The fraction of sp³-hybridized carbons (Fsp3) is 0.294. The molecule has 2 unspecified atom stereocenters. The fourth-order valence-electron chi connectivity index (χ4n) is 2.83. The third kappa shape index (κ3) is 1.94. The molecule has 0 aliphatic carbocycles. The van der Waals surface area contributed by atoms with Crippen LogP contribution in [0.1, 0.15) is 34.6 Å². The Morgan fingerprint density at radius 3 is 2.00 bits per heavy atom. The van der Waals surface area contributed by atoms with Gasteiger partial charge >= 0.3 is 0 Å². The van der Waals surface area contributed by atoms with Gasteiger partial charge in [-0.3, -0.25) is 14.5 Å². The van der Waals surface area contributed by atoms with Gasteiger partial charge in [0.1, 0.15) is 0 Å². The predicted molar refractivity (Wildman–Crippen MR) is 80.2 cm³/mol. The highest BCUT2D eigenvalue weighted by molar-refractivity contribution is 6.25. The van der Waals surface area contributed by atoms with Crippen LogP contribution in [0, 0.1) is 5.92 Å². The molecule has 21 heavy (non-hydrogen) atoms. The number of rotatable bonds is 3. The second-order valence-electron chi connectivity index (χ2n) is 5.59. The van der Waals surface area contributed by atoms with Crippen LogP contribution in [-0.2, 0) is 0 Å². The van der Waals surface area contributed by atoms with Gasteiger partial charge in [-0.25, -0.2) is 0 Å². The molecule has 2 atom stereocenters. The van der Waals surface area contributed by atoms with E-state index >= 15 is 0 Å². The van der Waals surface area contributed by atoms with Gasteiger partial charge in [-0.05, 0) is 30.4 Å². The molecule has 1 N–H and O–H groups in total. The molecule has 0 aromatic heterocycles. The zero-order chi connectivity index (χ0) is 15.1. The van der Waals surface area contributed by atoms with Crippen LogP contribution in [0.3, 0.4) is 0 Å². The molecule has 2 aromatic rings. The van der Waals surface area contributed by atoms with Crippen molar-refractivity contribution in [2.24, 2.45) is 5.92 Å². The second kappa shape index (κ2) is 4.97. The molecule has 108 valence electrons. The molecule has 4 nitrogen and oxygen atoms in total. The Kier molecular flexibility index (Phi) is 3.26. The van der Waals surface area contributed by atoms with Gasteiger partial charge in [0.2, 0.25) is 0 Å². The van der Waals surface area contributed by atoms with E-state index in [9.17, 15) is 14.7 Å². The van der Waals surface area contributed by atoms with Crippen LogP contribution in [0.4, 0.5) is 0 Å². The number of carbonyl (C=O) groups is 2. The molecule has 2 aromatic carbocycles. The molecule has 0 saturated heterocycles. The van der Waals surface area contributed by atoms with Crippen molar-refractivity contribution in [2.45, 2.75) is 19.9 Å². The van der Waals surface area contributed by atoms with Gasteiger partial charge in [-0.1, -0.05) is 31.2 Å². The van der Waals surface area contributed by atoms with Crippen molar-refractivity contribution < 1.29 is 14.7 Å². The molecular weight excluding hydrogens is 266 g/mol. The SMILES string of the molecule is CC(CO)C(C)N1C(=O)c2cccc3cccc(c23)C1=O. The Balaban J connectivity index is 2.20. The number of aliphatic hydroxyl groups excluding tert-OH is 1. The van der Waals surface area contributed by atoms with Crippen molar-refractivity contribution in [1.29, 1.82) is 0 Å². The summed E-state index contributed by atoms with van der Waals surface area (Å²) < 4.78 is 0. The summed E-state index contributed by atoms with van der Waals surface area (Å²) in [6, 6.07) is 10.6. The van der Waals surface area contributed by atoms with Crippen LogP contribution in [0.2, 0.25) is 0 Å². The van der Waals surface area contributed by atoms with E-state index in [1.807, 2.05) is 31.2 Å². The highest BCUT2D eigenvalue weighted by Crippen LogP contribution is 2.31. The largest absolute Gasteiger partial charge is 0.396 e. The molecular formula is C17H17NO3. The third-order valence-electron chi connectivity index (χ3n) is 4.32. The van der Waals surface area contributed by atoms with E-state index in [0.29, 0.717) is 11.1 Å². The van der Waals surface area contributed by atoms with Crippen molar-refractivity contribution in [3.8, 4) is 0 Å². The first kappa shape index (κ1) is 13.8. The quantitative estimate of drug-likeness (QED) is 0.880. The second-order valence-corrected chi connectivity index (χ2v) is 5.59. The number of amides is 2. The van der Waals surface area contributed by atoms with E-state index < -0.39 is 0 Å². The Bertz CT molecular complexity index is 687. The molecule has 1 heterocycles. The van der Waals surface area contributed by atoms with Gasteiger partial charge in [0, 0.05) is 29.2 Å². The van der Waals surface area contributed by atoms with E-state index in [1.165, 1.54) is 4.90 Å². The van der Waals surface area contributed by atoms with Crippen molar-refractivity contribution in [3.05, 3.63) is 47.5 Å². The summed E-state index contributed by atoms with van der Waals surface area (Å²) >= 11 is 0. The molecule has 0 bridgehead atoms.